The Balaban J connectivity index is 1.73. The topological polar surface area (TPSA) is 58.6 Å². The number of rotatable bonds is 7. The van der Waals surface area contributed by atoms with Crippen LogP contribution in [0.25, 0.3) is 0 Å². The van der Waals surface area contributed by atoms with Gasteiger partial charge >= 0.3 is 0 Å². The van der Waals surface area contributed by atoms with Gasteiger partial charge in [0.2, 0.25) is 0 Å². The number of ether oxygens (including phenoxy) is 1. The quantitative estimate of drug-likeness (QED) is 0.824. The summed E-state index contributed by atoms with van der Waals surface area (Å²) < 4.78 is 5.43. The van der Waals surface area contributed by atoms with Crippen molar-refractivity contribution in [3.63, 3.8) is 0 Å². The van der Waals surface area contributed by atoms with Gasteiger partial charge in [-0.15, -0.1) is 11.3 Å². The van der Waals surface area contributed by atoms with Crippen molar-refractivity contribution in [1.29, 1.82) is 0 Å². The molecule has 0 saturated heterocycles. The van der Waals surface area contributed by atoms with E-state index in [1.807, 2.05) is 41.8 Å². The molecule has 1 heterocycles. The van der Waals surface area contributed by atoms with E-state index in [1.165, 1.54) is 16.9 Å². The molecule has 0 bridgehead atoms. The zero-order chi connectivity index (χ0) is 15.9. The standard InChI is InChI=1S/C17H21NO3S/c1-12(2)13-5-7-14(8-6-13)21-11-17(20)18-10-15(19)16-4-3-9-22-16/h3-9,12,15,19H,10-11H2,1-2H3,(H,18,20). The van der Waals surface area contributed by atoms with E-state index in [1.54, 1.807) is 0 Å². The maximum absolute atomic E-state index is 11.7. The lowest BCUT2D eigenvalue weighted by Crippen LogP contribution is -2.32. The second-order valence-electron chi connectivity index (χ2n) is 5.35. The van der Waals surface area contributed by atoms with Crippen LogP contribution in [-0.2, 0) is 4.79 Å². The molecule has 0 saturated carbocycles. The van der Waals surface area contributed by atoms with Gasteiger partial charge in [0, 0.05) is 11.4 Å². The van der Waals surface area contributed by atoms with E-state index in [2.05, 4.69) is 19.2 Å². The minimum Gasteiger partial charge on any atom is -0.484 e. The summed E-state index contributed by atoms with van der Waals surface area (Å²) in [5, 5.41) is 14.4. The average Bonchev–Trinajstić information content (AvgIpc) is 3.05. The van der Waals surface area contributed by atoms with Crippen molar-refractivity contribution < 1.29 is 14.6 Å². The van der Waals surface area contributed by atoms with E-state index in [4.69, 9.17) is 4.74 Å². The van der Waals surface area contributed by atoms with Gasteiger partial charge < -0.3 is 15.2 Å². The van der Waals surface area contributed by atoms with Crippen molar-refractivity contribution in [3.05, 3.63) is 52.2 Å². The molecule has 2 rings (SSSR count). The predicted molar refractivity (Wildman–Crippen MR) is 88.3 cm³/mol. The average molecular weight is 319 g/mol. The fraction of sp³-hybridized carbons (Fsp3) is 0.353. The van der Waals surface area contributed by atoms with E-state index < -0.39 is 6.10 Å². The number of aliphatic hydroxyl groups is 1. The van der Waals surface area contributed by atoms with Crippen molar-refractivity contribution in [2.75, 3.05) is 13.2 Å². The van der Waals surface area contributed by atoms with E-state index in [9.17, 15) is 9.90 Å². The number of carbonyl (C=O) groups is 1. The molecule has 1 aromatic heterocycles. The summed E-state index contributed by atoms with van der Waals surface area (Å²) in [6.45, 7) is 4.39. The van der Waals surface area contributed by atoms with Crippen LogP contribution in [0, 0.1) is 0 Å². The third-order valence-corrected chi connectivity index (χ3v) is 4.25. The largest absolute Gasteiger partial charge is 0.484 e. The third-order valence-electron chi connectivity index (χ3n) is 3.28. The lowest BCUT2D eigenvalue weighted by Gasteiger charge is -2.11. The zero-order valence-corrected chi connectivity index (χ0v) is 13.6. The van der Waals surface area contributed by atoms with Gasteiger partial charge in [0.05, 0.1) is 0 Å². The first-order valence-corrected chi connectivity index (χ1v) is 8.15. The Morgan fingerprint density at radius 1 is 1.27 bits per heavy atom. The number of nitrogens with one attached hydrogen (secondary N) is 1. The second kappa shape index (κ2) is 7.96. The summed E-state index contributed by atoms with van der Waals surface area (Å²) in [6.07, 6.45) is -0.672. The second-order valence-corrected chi connectivity index (χ2v) is 6.33. The number of hydrogen-bond donors (Lipinski definition) is 2. The minimum atomic E-state index is -0.672. The minimum absolute atomic E-state index is 0.0574. The highest BCUT2D eigenvalue weighted by atomic mass is 32.1. The number of carbonyl (C=O) groups excluding carboxylic acids is 1. The molecule has 0 spiro atoms. The molecule has 0 radical (unpaired) electrons. The van der Waals surface area contributed by atoms with Crippen LogP contribution in [-0.4, -0.2) is 24.2 Å². The van der Waals surface area contributed by atoms with Crippen LogP contribution in [0.1, 0.15) is 36.3 Å². The highest BCUT2D eigenvalue weighted by molar-refractivity contribution is 7.10. The van der Waals surface area contributed by atoms with E-state index in [0.717, 1.165) is 4.88 Å². The first kappa shape index (κ1) is 16.5. The molecular formula is C17H21NO3S. The molecule has 1 unspecified atom stereocenters. The number of amides is 1. The summed E-state index contributed by atoms with van der Waals surface area (Å²) in [5.41, 5.74) is 1.23. The molecule has 2 N–H and O–H groups in total. The molecule has 118 valence electrons. The van der Waals surface area contributed by atoms with Crippen LogP contribution in [0.5, 0.6) is 5.75 Å². The van der Waals surface area contributed by atoms with Crippen molar-refractivity contribution in [2.24, 2.45) is 0 Å². The molecule has 2 aromatic rings. The lowest BCUT2D eigenvalue weighted by molar-refractivity contribution is -0.123. The fourth-order valence-electron chi connectivity index (χ4n) is 1.94. The third kappa shape index (κ3) is 4.86. The van der Waals surface area contributed by atoms with Crippen molar-refractivity contribution in [2.45, 2.75) is 25.9 Å². The molecule has 1 atom stereocenters. The van der Waals surface area contributed by atoms with Crippen molar-refractivity contribution in [3.8, 4) is 5.75 Å². The van der Waals surface area contributed by atoms with Crippen molar-refractivity contribution >= 4 is 17.2 Å². The SMILES string of the molecule is CC(C)c1ccc(OCC(=O)NCC(O)c2cccs2)cc1. The van der Waals surface area contributed by atoms with E-state index in [0.29, 0.717) is 11.7 Å². The fourth-order valence-corrected chi connectivity index (χ4v) is 2.65. The van der Waals surface area contributed by atoms with Gasteiger partial charge in [-0.1, -0.05) is 32.0 Å². The van der Waals surface area contributed by atoms with Crippen LogP contribution in [0.3, 0.4) is 0 Å². The molecule has 4 nitrogen and oxygen atoms in total. The monoisotopic (exact) mass is 319 g/mol. The Bertz CT molecular complexity index is 578. The Morgan fingerprint density at radius 3 is 2.59 bits per heavy atom. The van der Waals surface area contributed by atoms with Gasteiger partial charge in [-0.05, 0) is 35.1 Å². The molecule has 0 aliphatic carbocycles. The normalized spacial score (nSPS) is 12.2. The van der Waals surface area contributed by atoms with Gasteiger partial charge in [-0.25, -0.2) is 0 Å². The van der Waals surface area contributed by atoms with Gasteiger partial charge in [0.1, 0.15) is 11.9 Å². The van der Waals surface area contributed by atoms with Gasteiger partial charge in [0.25, 0.3) is 5.91 Å². The van der Waals surface area contributed by atoms with Crippen LogP contribution >= 0.6 is 11.3 Å². The molecule has 0 aliphatic heterocycles. The molecular weight excluding hydrogens is 298 g/mol. The first-order chi connectivity index (χ1) is 10.6. The van der Waals surface area contributed by atoms with Crippen LogP contribution in [0.15, 0.2) is 41.8 Å². The van der Waals surface area contributed by atoms with Crippen molar-refractivity contribution in [1.82, 2.24) is 5.32 Å². The van der Waals surface area contributed by atoms with Gasteiger partial charge in [-0.2, -0.15) is 0 Å². The van der Waals surface area contributed by atoms with E-state index in [-0.39, 0.29) is 19.1 Å². The van der Waals surface area contributed by atoms with E-state index >= 15 is 0 Å². The van der Waals surface area contributed by atoms with Crippen LogP contribution < -0.4 is 10.1 Å². The first-order valence-electron chi connectivity index (χ1n) is 7.27. The summed E-state index contributed by atoms with van der Waals surface area (Å²) in [5.74, 6) is 0.887. The Hall–Kier alpha value is -1.85. The summed E-state index contributed by atoms with van der Waals surface area (Å²) >= 11 is 1.46. The van der Waals surface area contributed by atoms with Gasteiger partial charge in [0.15, 0.2) is 6.61 Å². The summed E-state index contributed by atoms with van der Waals surface area (Å²) in [4.78, 5) is 12.6. The number of thiophene rings is 1. The van der Waals surface area contributed by atoms with Crippen LogP contribution in [0.4, 0.5) is 0 Å². The number of aliphatic hydroxyl groups excluding tert-OH is 1. The molecule has 0 fully saturated rings. The van der Waals surface area contributed by atoms with Crippen LogP contribution in [0.2, 0.25) is 0 Å². The molecule has 22 heavy (non-hydrogen) atoms. The Labute approximate surface area is 134 Å². The molecule has 1 amide bonds. The predicted octanol–water partition coefficient (Wildman–Crippen LogP) is 3.10. The smallest absolute Gasteiger partial charge is 0.258 e. The number of hydrogen-bond acceptors (Lipinski definition) is 4. The summed E-state index contributed by atoms with van der Waals surface area (Å²) in [6, 6.07) is 11.4. The molecule has 5 heteroatoms. The maximum atomic E-state index is 11.7. The number of benzene rings is 1. The van der Waals surface area contributed by atoms with Gasteiger partial charge in [-0.3, -0.25) is 4.79 Å². The highest BCUT2D eigenvalue weighted by Gasteiger charge is 2.10. The lowest BCUT2D eigenvalue weighted by atomic mass is 10.0. The Morgan fingerprint density at radius 2 is 2.00 bits per heavy atom. The highest BCUT2D eigenvalue weighted by Crippen LogP contribution is 2.19. The zero-order valence-electron chi connectivity index (χ0n) is 12.8. The molecule has 1 aromatic carbocycles. The Kier molecular flexibility index (Phi) is 5.98. The maximum Gasteiger partial charge on any atom is 0.258 e. The molecule has 0 aliphatic rings. The summed E-state index contributed by atoms with van der Waals surface area (Å²) in [7, 11) is 0.